The largest absolute Gasteiger partial charge is 0.395 e. The monoisotopic (exact) mass is 290 g/mol. The van der Waals surface area contributed by atoms with Crippen molar-refractivity contribution in [1.82, 2.24) is 20.2 Å². The van der Waals surface area contributed by atoms with Crippen LogP contribution in [0, 0.1) is 6.92 Å². The van der Waals surface area contributed by atoms with E-state index in [1.54, 1.807) is 4.90 Å². The molecule has 0 aliphatic rings. The van der Waals surface area contributed by atoms with Crippen molar-refractivity contribution in [1.29, 1.82) is 0 Å². The van der Waals surface area contributed by atoms with Crippen molar-refractivity contribution >= 4 is 17.1 Å². The third kappa shape index (κ3) is 3.72. The van der Waals surface area contributed by atoms with E-state index >= 15 is 0 Å². The number of H-pyrrole nitrogens is 1. The average Bonchev–Trinajstić information content (AvgIpc) is 2.89. The fourth-order valence-corrected chi connectivity index (χ4v) is 2.29. The van der Waals surface area contributed by atoms with Crippen LogP contribution in [0.3, 0.4) is 0 Å². The van der Waals surface area contributed by atoms with Crippen LogP contribution in [0.2, 0.25) is 0 Å². The zero-order valence-corrected chi connectivity index (χ0v) is 12.5. The molecule has 6 heteroatoms. The Morgan fingerprint density at radius 1 is 1.43 bits per heavy atom. The number of carbonyl (C=O) groups is 1. The van der Waals surface area contributed by atoms with E-state index in [9.17, 15) is 4.79 Å². The highest BCUT2D eigenvalue weighted by atomic mass is 16.3. The number of aliphatic hydroxyl groups is 1. The molecule has 0 unspecified atom stereocenters. The smallest absolute Gasteiger partial charge is 0.317 e. The third-order valence-corrected chi connectivity index (χ3v) is 3.32. The van der Waals surface area contributed by atoms with Gasteiger partial charge in [0.25, 0.3) is 0 Å². The minimum Gasteiger partial charge on any atom is -0.395 e. The minimum atomic E-state index is -0.178. The van der Waals surface area contributed by atoms with Gasteiger partial charge in [-0.3, -0.25) is 0 Å². The molecule has 2 rings (SSSR count). The van der Waals surface area contributed by atoms with Crippen molar-refractivity contribution in [2.24, 2.45) is 0 Å². The molecule has 0 radical (unpaired) electrons. The van der Waals surface area contributed by atoms with E-state index in [4.69, 9.17) is 5.11 Å². The van der Waals surface area contributed by atoms with Crippen LogP contribution in [-0.2, 0) is 6.54 Å². The Morgan fingerprint density at radius 3 is 2.90 bits per heavy atom. The molecule has 21 heavy (non-hydrogen) atoms. The summed E-state index contributed by atoms with van der Waals surface area (Å²) in [5.74, 6) is 0.730. The summed E-state index contributed by atoms with van der Waals surface area (Å²) in [7, 11) is 0. The summed E-state index contributed by atoms with van der Waals surface area (Å²) in [5.41, 5.74) is 3.01. The van der Waals surface area contributed by atoms with E-state index in [1.165, 1.54) is 0 Å². The number of hydrogen-bond donors (Lipinski definition) is 3. The van der Waals surface area contributed by atoms with E-state index < -0.39 is 0 Å². The minimum absolute atomic E-state index is 0.0305. The topological polar surface area (TPSA) is 81.2 Å². The molecule has 1 aromatic carbocycles. The number of aromatic nitrogens is 2. The number of carbonyl (C=O) groups excluding carboxylic acids is 1. The molecular weight excluding hydrogens is 268 g/mol. The molecule has 0 spiro atoms. The van der Waals surface area contributed by atoms with Crippen LogP contribution in [0.5, 0.6) is 0 Å². The standard InChI is InChI=1S/C15H22N4O2/c1-3-7-19(8-9-20)15(21)16-10-13-17-12-6-4-5-11(2)14(12)18-13/h4-6,20H,3,7-10H2,1-2H3,(H,16,21)(H,17,18). The molecule has 114 valence electrons. The van der Waals surface area contributed by atoms with Gasteiger partial charge in [-0.25, -0.2) is 9.78 Å². The Labute approximate surface area is 124 Å². The van der Waals surface area contributed by atoms with Gasteiger partial charge >= 0.3 is 6.03 Å². The van der Waals surface area contributed by atoms with E-state index in [0.29, 0.717) is 19.6 Å². The number of urea groups is 1. The molecule has 0 aliphatic carbocycles. The Hall–Kier alpha value is -2.08. The van der Waals surface area contributed by atoms with Gasteiger partial charge in [0, 0.05) is 13.1 Å². The van der Waals surface area contributed by atoms with Crippen molar-refractivity contribution < 1.29 is 9.90 Å². The van der Waals surface area contributed by atoms with E-state index in [-0.39, 0.29) is 12.6 Å². The highest BCUT2D eigenvalue weighted by molar-refractivity contribution is 5.78. The summed E-state index contributed by atoms with van der Waals surface area (Å²) < 4.78 is 0. The highest BCUT2D eigenvalue weighted by Crippen LogP contribution is 2.15. The van der Waals surface area contributed by atoms with Crippen LogP contribution in [0.25, 0.3) is 11.0 Å². The molecule has 0 bridgehead atoms. The van der Waals surface area contributed by atoms with Gasteiger partial charge in [-0.1, -0.05) is 19.1 Å². The zero-order chi connectivity index (χ0) is 15.2. The summed E-state index contributed by atoms with van der Waals surface area (Å²) >= 11 is 0. The number of nitrogens with zero attached hydrogens (tertiary/aromatic N) is 2. The number of nitrogens with one attached hydrogen (secondary N) is 2. The molecule has 0 atom stereocenters. The van der Waals surface area contributed by atoms with Crippen molar-refractivity contribution in [3.8, 4) is 0 Å². The predicted molar refractivity (Wildman–Crippen MR) is 82.0 cm³/mol. The molecular formula is C15H22N4O2. The van der Waals surface area contributed by atoms with Crippen molar-refractivity contribution in [3.63, 3.8) is 0 Å². The average molecular weight is 290 g/mol. The Kier molecular flexibility index (Phi) is 5.16. The van der Waals surface area contributed by atoms with Gasteiger partial charge in [0.2, 0.25) is 0 Å². The summed E-state index contributed by atoms with van der Waals surface area (Å²) in [5, 5.41) is 11.8. The van der Waals surface area contributed by atoms with Gasteiger partial charge in [0.05, 0.1) is 24.2 Å². The van der Waals surface area contributed by atoms with Crippen molar-refractivity contribution in [2.75, 3.05) is 19.7 Å². The number of benzene rings is 1. The van der Waals surface area contributed by atoms with E-state index in [2.05, 4.69) is 15.3 Å². The number of amides is 2. The lowest BCUT2D eigenvalue weighted by Gasteiger charge is -2.21. The lowest BCUT2D eigenvalue weighted by atomic mass is 10.2. The first kappa shape index (κ1) is 15.3. The van der Waals surface area contributed by atoms with Crippen molar-refractivity contribution in [3.05, 3.63) is 29.6 Å². The number of hydrogen-bond acceptors (Lipinski definition) is 3. The van der Waals surface area contributed by atoms with Gasteiger partial charge in [0.15, 0.2) is 0 Å². The quantitative estimate of drug-likeness (QED) is 0.758. The molecule has 1 aromatic heterocycles. The second-order valence-electron chi connectivity index (χ2n) is 5.02. The predicted octanol–water partition coefficient (Wildman–Crippen LogP) is 1.79. The first-order valence-corrected chi connectivity index (χ1v) is 7.23. The number of aryl methyl sites for hydroxylation is 1. The second kappa shape index (κ2) is 7.08. The lowest BCUT2D eigenvalue weighted by Crippen LogP contribution is -2.41. The molecule has 2 aromatic rings. The number of fused-ring (bicyclic) bond motifs is 1. The fourth-order valence-electron chi connectivity index (χ4n) is 2.29. The van der Waals surface area contributed by atoms with Crippen LogP contribution in [-0.4, -0.2) is 45.7 Å². The molecule has 0 saturated carbocycles. The Morgan fingerprint density at radius 2 is 2.24 bits per heavy atom. The molecule has 2 amide bonds. The first-order valence-electron chi connectivity index (χ1n) is 7.23. The highest BCUT2D eigenvalue weighted by Gasteiger charge is 2.12. The molecule has 1 heterocycles. The number of para-hydroxylation sites is 1. The van der Waals surface area contributed by atoms with Crippen LogP contribution in [0.4, 0.5) is 4.79 Å². The Bertz CT molecular complexity index is 603. The maximum atomic E-state index is 12.0. The first-order chi connectivity index (χ1) is 10.2. The van der Waals surface area contributed by atoms with Crippen LogP contribution in [0.15, 0.2) is 18.2 Å². The number of imidazole rings is 1. The van der Waals surface area contributed by atoms with Gasteiger partial charge < -0.3 is 20.3 Å². The zero-order valence-electron chi connectivity index (χ0n) is 12.5. The van der Waals surface area contributed by atoms with Gasteiger partial charge in [-0.2, -0.15) is 0 Å². The van der Waals surface area contributed by atoms with Crippen LogP contribution < -0.4 is 5.32 Å². The summed E-state index contributed by atoms with van der Waals surface area (Å²) in [6.45, 7) is 5.30. The summed E-state index contributed by atoms with van der Waals surface area (Å²) in [6, 6.07) is 5.77. The summed E-state index contributed by atoms with van der Waals surface area (Å²) in [4.78, 5) is 21.3. The van der Waals surface area contributed by atoms with Gasteiger partial charge in [-0.15, -0.1) is 0 Å². The molecule has 0 aliphatic heterocycles. The fraction of sp³-hybridized carbons (Fsp3) is 0.467. The number of rotatable bonds is 6. The third-order valence-electron chi connectivity index (χ3n) is 3.32. The SMILES string of the molecule is CCCN(CCO)C(=O)NCc1nc2c(C)cccc2[nH]1. The maximum absolute atomic E-state index is 12.0. The molecule has 3 N–H and O–H groups in total. The molecule has 0 saturated heterocycles. The van der Waals surface area contributed by atoms with Gasteiger partial charge in [0.1, 0.15) is 5.82 Å². The summed E-state index contributed by atoms with van der Waals surface area (Å²) in [6.07, 6.45) is 0.858. The van der Waals surface area contributed by atoms with Crippen molar-refractivity contribution in [2.45, 2.75) is 26.8 Å². The van der Waals surface area contributed by atoms with Crippen LogP contribution in [0.1, 0.15) is 24.7 Å². The molecule has 6 nitrogen and oxygen atoms in total. The normalized spacial score (nSPS) is 10.8. The number of aliphatic hydroxyl groups excluding tert-OH is 1. The number of aromatic amines is 1. The maximum Gasteiger partial charge on any atom is 0.317 e. The van der Waals surface area contributed by atoms with E-state index in [0.717, 1.165) is 28.8 Å². The second-order valence-corrected chi connectivity index (χ2v) is 5.02. The molecule has 0 fully saturated rings. The Balaban J connectivity index is 2.00. The van der Waals surface area contributed by atoms with Gasteiger partial charge in [-0.05, 0) is 25.0 Å². The van der Waals surface area contributed by atoms with Crippen LogP contribution >= 0.6 is 0 Å². The lowest BCUT2D eigenvalue weighted by molar-refractivity contribution is 0.176. The van der Waals surface area contributed by atoms with E-state index in [1.807, 2.05) is 32.0 Å².